The number of rotatable bonds is 6. The van der Waals surface area contributed by atoms with Crippen molar-refractivity contribution in [1.82, 2.24) is 10.6 Å². The summed E-state index contributed by atoms with van der Waals surface area (Å²) in [4.78, 5) is 11.2. The van der Waals surface area contributed by atoms with Gasteiger partial charge in [0.05, 0.1) is 6.54 Å². The Morgan fingerprint density at radius 2 is 2.23 bits per heavy atom. The summed E-state index contributed by atoms with van der Waals surface area (Å²) in [5, 5.41) is 6.10. The molecule has 0 aromatic carbocycles. The van der Waals surface area contributed by atoms with E-state index in [1.54, 1.807) is 0 Å². The molecule has 1 atom stereocenters. The van der Waals surface area contributed by atoms with Gasteiger partial charge in [0.25, 0.3) is 0 Å². The van der Waals surface area contributed by atoms with Crippen LogP contribution in [0.1, 0.15) is 33.1 Å². The lowest BCUT2D eigenvalue weighted by molar-refractivity contribution is -0.120. The fourth-order valence-corrected chi connectivity index (χ4v) is 1.02. The SMILES string of the molecule is CCC(C)CNC(=O)CNC1CC1. The Morgan fingerprint density at radius 3 is 2.77 bits per heavy atom. The lowest BCUT2D eigenvalue weighted by Gasteiger charge is -2.10. The molecule has 0 radical (unpaired) electrons. The molecule has 0 aromatic heterocycles. The molecule has 2 N–H and O–H groups in total. The van der Waals surface area contributed by atoms with Crippen LogP contribution >= 0.6 is 0 Å². The van der Waals surface area contributed by atoms with Crippen molar-refractivity contribution in [3.8, 4) is 0 Å². The molecule has 1 unspecified atom stereocenters. The Labute approximate surface area is 80.3 Å². The minimum absolute atomic E-state index is 0.132. The lowest BCUT2D eigenvalue weighted by atomic mass is 10.1. The second kappa shape index (κ2) is 5.22. The van der Waals surface area contributed by atoms with Crippen molar-refractivity contribution < 1.29 is 4.79 Å². The van der Waals surface area contributed by atoms with Gasteiger partial charge in [0.2, 0.25) is 5.91 Å². The Bertz CT molecular complexity index is 166. The summed E-state index contributed by atoms with van der Waals surface area (Å²) in [6.07, 6.45) is 3.59. The van der Waals surface area contributed by atoms with Crippen molar-refractivity contribution in [3.63, 3.8) is 0 Å². The largest absolute Gasteiger partial charge is 0.355 e. The number of carbonyl (C=O) groups is 1. The van der Waals surface area contributed by atoms with Crippen LogP contribution in [0.4, 0.5) is 0 Å². The lowest BCUT2D eigenvalue weighted by Crippen LogP contribution is -2.36. The standard InChI is InChI=1S/C10H20N2O/c1-3-8(2)6-12-10(13)7-11-9-4-5-9/h8-9,11H,3-7H2,1-2H3,(H,12,13). The van der Waals surface area contributed by atoms with Crippen molar-refractivity contribution in [3.05, 3.63) is 0 Å². The average Bonchev–Trinajstić information content (AvgIpc) is 2.94. The van der Waals surface area contributed by atoms with Crippen LogP contribution in [0.2, 0.25) is 0 Å². The summed E-state index contributed by atoms with van der Waals surface area (Å²) in [6.45, 7) is 5.58. The van der Waals surface area contributed by atoms with E-state index in [4.69, 9.17) is 0 Å². The van der Waals surface area contributed by atoms with Gasteiger partial charge >= 0.3 is 0 Å². The van der Waals surface area contributed by atoms with Gasteiger partial charge in [-0.2, -0.15) is 0 Å². The Balaban J connectivity index is 1.96. The fourth-order valence-electron chi connectivity index (χ4n) is 1.02. The van der Waals surface area contributed by atoms with Gasteiger partial charge in [-0.1, -0.05) is 20.3 Å². The molecular weight excluding hydrogens is 164 g/mol. The highest BCUT2D eigenvalue weighted by molar-refractivity contribution is 5.78. The zero-order valence-electron chi connectivity index (χ0n) is 8.60. The van der Waals surface area contributed by atoms with Crippen molar-refractivity contribution in [2.75, 3.05) is 13.1 Å². The van der Waals surface area contributed by atoms with Crippen LogP contribution in [-0.2, 0) is 4.79 Å². The van der Waals surface area contributed by atoms with Crippen LogP contribution in [0.5, 0.6) is 0 Å². The molecule has 0 aromatic rings. The van der Waals surface area contributed by atoms with E-state index in [-0.39, 0.29) is 5.91 Å². The average molecular weight is 184 g/mol. The van der Waals surface area contributed by atoms with Crippen molar-refractivity contribution in [2.24, 2.45) is 5.92 Å². The number of carbonyl (C=O) groups excluding carboxylic acids is 1. The van der Waals surface area contributed by atoms with Gasteiger partial charge in [-0.25, -0.2) is 0 Å². The molecule has 1 rings (SSSR count). The van der Waals surface area contributed by atoms with E-state index in [1.165, 1.54) is 12.8 Å². The molecule has 1 saturated carbocycles. The number of hydrogen-bond donors (Lipinski definition) is 2. The first-order valence-electron chi connectivity index (χ1n) is 5.22. The number of hydrogen-bond acceptors (Lipinski definition) is 2. The first-order chi connectivity index (χ1) is 6.22. The third-order valence-electron chi connectivity index (χ3n) is 2.47. The summed E-state index contributed by atoms with van der Waals surface area (Å²) in [5.74, 6) is 0.720. The molecule has 1 aliphatic rings. The highest BCUT2D eigenvalue weighted by Gasteiger charge is 2.20. The fraction of sp³-hybridized carbons (Fsp3) is 0.900. The van der Waals surface area contributed by atoms with Crippen LogP contribution in [0.25, 0.3) is 0 Å². The van der Waals surface area contributed by atoms with E-state index in [2.05, 4.69) is 24.5 Å². The normalized spacial score (nSPS) is 18.3. The van der Waals surface area contributed by atoms with Gasteiger partial charge in [-0.15, -0.1) is 0 Å². The van der Waals surface area contributed by atoms with E-state index in [1.807, 2.05) is 0 Å². The summed E-state index contributed by atoms with van der Waals surface area (Å²) in [6, 6.07) is 0.620. The molecule has 1 aliphatic carbocycles. The summed E-state index contributed by atoms with van der Waals surface area (Å²) in [7, 11) is 0. The first-order valence-corrected chi connectivity index (χ1v) is 5.22. The zero-order chi connectivity index (χ0) is 9.68. The molecule has 0 heterocycles. The molecule has 3 heteroatoms. The molecule has 1 amide bonds. The second-order valence-electron chi connectivity index (χ2n) is 3.97. The van der Waals surface area contributed by atoms with Crippen LogP contribution in [-0.4, -0.2) is 25.0 Å². The maximum atomic E-state index is 11.2. The van der Waals surface area contributed by atoms with E-state index in [0.29, 0.717) is 18.5 Å². The topological polar surface area (TPSA) is 41.1 Å². The van der Waals surface area contributed by atoms with E-state index in [9.17, 15) is 4.79 Å². The molecule has 3 nitrogen and oxygen atoms in total. The molecule has 1 fully saturated rings. The molecule has 13 heavy (non-hydrogen) atoms. The summed E-state index contributed by atoms with van der Waals surface area (Å²) < 4.78 is 0. The van der Waals surface area contributed by atoms with E-state index in [0.717, 1.165) is 13.0 Å². The molecule has 0 aliphatic heterocycles. The maximum absolute atomic E-state index is 11.2. The summed E-state index contributed by atoms with van der Waals surface area (Å²) in [5.41, 5.74) is 0. The minimum Gasteiger partial charge on any atom is -0.355 e. The predicted molar refractivity (Wildman–Crippen MR) is 53.5 cm³/mol. The maximum Gasteiger partial charge on any atom is 0.233 e. The molecule has 76 valence electrons. The summed E-state index contributed by atoms with van der Waals surface area (Å²) >= 11 is 0. The van der Waals surface area contributed by atoms with Crippen LogP contribution in [0.15, 0.2) is 0 Å². The highest BCUT2D eigenvalue weighted by atomic mass is 16.1. The zero-order valence-corrected chi connectivity index (χ0v) is 8.60. The van der Waals surface area contributed by atoms with Crippen molar-refractivity contribution in [2.45, 2.75) is 39.2 Å². The van der Waals surface area contributed by atoms with Gasteiger partial charge < -0.3 is 10.6 Å². The predicted octanol–water partition coefficient (Wildman–Crippen LogP) is 0.901. The Hall–Kier alpha value is -0.570. The Kier molecular flexibility index (Phi) is 4.22. The van der Waals surface area contributed by atoms with Gasteiger partial charge in [0, 0.05) is 12.6 Å². The highest BCUT2D eigenvalue weighted by Crippen LogP contribution is 2.17. The Morgan fingerprint density at radius 1 is 1.54 bits per heavy atom. The van der Waals surface area contributed by atoms with Crippen LogP contribution in [0.3, 0.4) is 0 Å². The molecule has 0 spiro atoms. The second-order valence-corrected chi connectivity index (χ2v) is 3.97. The third-order valence-corrected chi connectivity index (χ3v) is 2.47. The minimum atomic E-state index is 0.132. The smallest absolute Gasteiger partial charge is 0.233 e. The van der Waals surface area contributed by atoms with Crippen LogP contribution < -0.4 is 10.6 Å². The van der Waals surface area contributed by atoms with E-state index < -0.39 is 0 Å². The quantitative estimate of drug-likeness (QED) is 0.644. The first kappa shape index (κ1) is 10.5. The van der Waals surface area contributed by atoms with Gasteiger partial charge in [-0.05, 0) is 18.8 Å². The van der Waals surface area contributed by atoms with Gasteiger partial charge in [-0.3, -0.25) is 4.79 Å². The van der Waals surface area contributed by atoms with Crippen molar-refractivity contribution in [1.29, 1.82) is 0 Å². The van der Waals surface area contributed by atoms with E-state index >= 15 is 0 Å². The number of amides is 1. The third kappa shape index (κ3) is 4.88. The monoisotopic (exact) mass is 184 g/mol. The van der Waals surface area contributed by atoms with Crippen LogP contribution in [0, 0.1) is 5.92 Å². The molecular formula is C10H20N2O. The number of nitrogens with one attached hydrogen (secondary N) is 2. The molecule has 0 saturated heterocycles. The van der Waals surface area contributed by atoms with Gasteiger partial charge in [0.1, 0.15) is 0 Å². The van der Waals surface area contributed by atoms with Gasteiger partial charge in [0.15, 0.2) is 0 Å². The molecule has 0 bridgehead atoms. The van der Waals surface area contributed by atoms with Crippen molar-refractivity contribution >= 4 is 5.91 Å².